The number of nitrogens with two attached hydrogens (primary N) is 1. The van der Waals surface area contributed by atoms with E-state index in [1.165, 1.54) is 16.7 Å². The summed E-state index contributed by atoms with van der Waals surface area (Å²) in [5.74, 6) is 5.71. The third-order valence-electron chi connectivity index (χ3n) is 6.21. The van der Waals surface area contributed by atoms with Crippen molar-refractivity contribution in [2.24, 2.45) is 11.8 Å². The summed E-state index contributed by atoms with van der Waals surface area (Å²) in [5.41, 5.74) is 5.87. The molecule has 3 N–H and O–H groups in total. The maximum atomic E-state index is 12.0. The highest BCUT2D eigenvalue weighted by Crippen LogP contribution is 2.48. The number of nitrogens with one attached hydrogen (secondary N) is 1. The fourth-order valence-electron chi connectivity index (χ4n) is 4.92. The highest BCUT2D eigenvalue weighted by Gasteiger charge is 2.44. The normalized spacial score (nSPS) is 15.1. The molecule has 2 amide bonds. The molecule has 1 aliphatic heterocycles. The molecule has 0 atom stereocenters. The Morgan fingerprint density at radius 1 is 0.759 bits per heavy atom. The van der Waals surface area contributed by atoms with Gasteiger partial charge in [0.2, 0.25) is 0 Å². The molecule has 4 nitrogen and oxygen atoms in total. The molecule has 4 heteroatoms. The molecule has 0 bridgehead atoms. The van der Waals surface area contributed by atoms with Crippen LogP contribution in [0.2, 0.25) is 0 Å². The van der Waals surface area contributed by atoms with Crippen molar-refractivity contribution < 1.29 is 4.79 Å². The number of nitrogens with zero attached hydrogens (tertiary/aromatic N) is 1. The summed E-state index contributed by atoms with van der Waals surface area (Å²) in [4.78, 5) is 13.8. The summed E-state index contributed by atoms with van der Waals surface area (Å²) in [6.45, 7) is 1.39. The van der Waals surface area contributed by atoms with Gasteiger partial charge in [0.15, 0.2) is 0 Å². The van der Waals surface area contributed by atoms with E-state index in [9.17, 15) is 4.79 Å². The van der Waals surface area contributed by atoms with Crippen molar-refractivity contribution in [3.05, 3.63) is 108 Å². The Kier molecular flexibility index (Phi) is 5.63. The molecule has 1 heterocycles. The van der Waals surface area contributed by atoms with E-state index in [2.05, 4.69) is 96.4 Å². The van der Waals surface area contributed by atoms with Crippen molar-refractivity contribution in [3.63, 3.8) is 0 Å². The molecule has 0 unspecified atom stereocenters. The second-order valence-electron chi connectivity index (χ2n) is 7.62. The van der Waals surface area contributed by atoms with Crippen molar-refractivity contribution in [1.82, 2.24) is 10.3 Å². The Hall–Kier alpha value is -3.11. The van der Waals surface area contributed by atoms with Crippen LogP contribution in [0.3, 0.4) is 0 Å². The molecule has 3 aromatic rings. The quantitative estimate of drug-likeness (QED) is 0.304. The van der Waals surface area contributed by atoms with Crippen molar-refractivity contribution in [2.75, 3.05) is 13.1 Å². The Bertz CT molecular complexity index is 823. The van der Waals surface area contributed by atoms with E-state index in [0.717, 1.165) is 12.8 Å². The van der Waals surface area contributed by atoms with Crippen LogP contribution in [0.25, 0.3) is 0 Å². The molecule has 1 fully saturated rings. The molecule has 0 radical (unpaired) electrons. The lowest BCUT2D eigenvalue weighted by molar-refractivity contribution is 0.155. The molecule has 148 valence electrons. The van der Waals surface area contributed by atoms with Gasteiger partial charge in [-0.25, -0.2) is 10.6 Å². The SMILES string of the molecule is NNC(=O)N1CCC(C(c2ccccc2)(c2ccccc2)c2ccccc2)CC1. The van der Waals surface area contributed by atoms with Crippen LogP contribution in [0.4, 0.5) is 4.79 Å². The van der Waals surface area contributed by atoms with E-state index < -0.39 is 0 Å². The van der Waals surface area contributed by atoms with Crippen LogP contribution in [0.5, 0.6) is 0 Å². The average Bonchev–Trinajstić information content (AvgIpc) is 2.82. The van der Waals surface area contributed by atoms with Crippen molar-refractivity contribution in [3.8, 4) is 0 Å². The fraction of sp³-hybridized carbons (Fsp3) is 0.240. The zero-order chi connectivity index (χ0) is 20.1. The summed E-state index contributed by atoms with van der Waals surface area (Å²) in [5, 5.41) is 0. The van der Waals surface area contributed by atoms with Gasteiger partial charge in [-0.3, -0.25) is 5.43 Å². The van der Waals surface area contributed by atoms with Crippen LogP contribution in [0.15, 0.2) is 91.0 Å². The van der Waals surface area contributed by atoms with Crippen LogP contribution in [-0.2, 0) is 5.41 Å². The van der Waals surface area contributed by atoms with Gasteiger partial charge in [-0.05, 0) is 35.4 Å². The van der Waals surface area contributed by atoms with Gasteiger partial charge >= 0.3 is 6.03 Å². The molecule has 0 aliphatic carbocycles. The summed E-state index contributed by atoms with van der Waals surface area (Å²) in [6.07, 6.45) is 1.82. The molecule has 4 rings (SSSR count). The topological polar surface area (TPSA) is 58.4 Å². The van der Waals surface area contributed by atoms with Crippen LogP contribution in [0.1, 0.15) is 29.5 Å². The number of hydrazine groups is 1. The molecule has 0 saturated carbocycles. The molecule has 1 saturated heterocycles. The molecule has 29 heavy (non-hydrogen) atoms. The molecule has 3 aromatic carbocycles. The maximum Gasteiger partial charge on any atom is 0.331 e. The maximum absolute atomic E-state index is 12.0. The van der Waals surface area contributed by atoms with Gasteiger partial charge in [0, 0.05) is 18.5 Å². The predicted molar refractivity (Wildman–Crippen MR) is 116 cm³/mol. The van der Waals surface area contributed by atoms with Crippen molar-refractivity contribution in [2.45, 2.75) is 18.3 Å². The number of urea groups is 1. The Balaban J connectivity index is 1.86. The van der Waals surface area contributed by atoms with Gasteiger partial charge in [-0.2, -0.15) is 0 Å². The van der Waals surface area contributed by atoms with E-state index in [1.54, 1.807) is 0 Å². The Morgan fingerprint density at radius 2 is 1.14 bits per heavy atom. The summed E-state index contributed by atoms with van der Waals surface area (Å²) in [6, 6.07) is 32.1. The molecular weight excluding hydrogens is 358 g/mol. The lowest BCUT2D eigenvalue weighted by Gasteiger charge is -2.46. The number of carbonyl (C=O) groups excluding carboxylic acids is 1. The first-order valence-corrected chi connectivity index (χ1v) is 10.2. The van der Waals surface area contributed by atoms with Crippen molar-refractivity contribution in [1.29, 1.82) is 0 Å². The largest absolute Gasteiger partial charge is 0.331 e. The Labute approximate surface area is 172 Å². The minimum atomic E-state index is -0.269. The number of piperidine rings is 1. The van der Waals surface area contributed by atoms with E-state index >= 15 is 0 Å². The van der Waals surface area contributed by atoms with E-state index in [1.807, 2.05) is 4.90 Å². The first-order chi connectivity index (χ1) is 14.3. The first kappa shape index (κ1) is 19.2. The minimum absolute atomic E-state index is 0.201. The lowest BCUT2D eigenvalue weighted by Crippen LogP contribution is -2.50. The van der Waals surface area contributed by atoms with Gasteiger partial charge in [0.1, 0.15) is 0 Å². The third kappa shape index (κ3) is 3.52. The fourth-order valence-corrected chi connectivity index (χ4v) is 4.92. The Morgan fingerprint density at radius 3 is 1.48 bits per heavy atom. The van der Waals surface area contributed by atoms with Crippen LogP contribution >= 0.6 is 0 Å². The summed E-state index contributed by atoms with van der Waals surface area (Å²) < 4.78 is 0. The summed E-state index contributed by atoms with van der Waals surface area (Å²) >= 11 is 0. The summed E-state index contributed by atoms with van der Waals surface area (Å²) in [7, 11) is 0. The smallest absolute Gasteiger partial charge is 0.324 e. The number of amides is 2. The number of hydrogen-bond acceptors (Lipinski definition) is 2. The third-order valence-corrected chi connectivity index (χ3v) is 6.21. The standard InChI is InChI=1S/C25H27N3O/c26-27-24(29)28-18-16-23(17-19-28)25(20-10-4-1-5-11-20,21-12-6-2-7-13-21)22-14-8-3-9-15-22/h1-15,23H,16-19,26H2,(H,27,29). The monoisotopic (exact) mass is 385 g/mol. The second-order valence-corrected chi connectivity index (χ2v) is 7.62. The molecule has 0 spiro atoms. The van der Waals surface area contributed by atoms with Gasteiger partial charge in [0.25, 0.3) is 0 Å². The second kappa shape index (κ2) is 8.50. The zero-order valence-electron chi connectivity index (χ0n) is 16.5. The van der Waals surface area contributed by atoms with Crippen LogP contribution in [-0.4, -0.2) is 24.0 Å². The van der Waals surface area contributed by atoms with Crippen LogP contribution < -0.4 is 11.3 Å². The van der Waals surface area contributed by atoms with Gasteiger partial charge in [-0.1, -0.05) is 91.0 Å². The highest BCUT2D eigenvalue weighted by molar-refractivity contribution is 5.73. The van der Waals surface area contributed by atoms with Crippen molar-refractivity contribution >= 4 is 6.03 Å². The van der Waals surface area contributed by atoms with Gasteiger partial charge in [-0.15, -0.1) is 0 Å². The van der Waals surface area contributed by atoms with Gasteiger partial charge < -0.3 is 4.90 Å². The molecule has 0 aromatic heterocycles. The van der Waals surface area contributed by atoms with E-state index in [4.69, 9.17) is 5.84 Å². The number of benzene rings is 3. The molecule has 1 aliphatic rings. The predicted octanol–water partition coefficient (Wildman–Crippen LogP) is 4.32. The number of rotatable bonds is 4. The molecular formula is C25H27N3O. The first-order valence-electron chi connectivity index (χ1n) is 10.2. The van der Waals surface area contributed by atoms with E-state index in [-0.39, 0.29) is 11.4 Å². The number of likely N-dealkylation sites (tertiary alicyclic amines) is 1. The average molecular weight is 386 g/mol. The number of carbonyl (C=O) groups is 1. The highest BCUT2D eigenvalue weighted by atomic mass is 16.2. The minimum Gasteiger partial charge on any atom is -0.324 e. The van der Waals surface area contributed by atoms with Gasteiger partial charge in [0.05, 0.1) is 0 Å². The van der Waals surface area contributed by atoms with E-state index in [0.29, 0.717) is 19.0 Å². The lowest BCUT2D eigenvalue weighted by atomic mass is 9.59. The number of hydrogen-bond donors (Lipinski definition) is 2. The zero-order valence-corrected chi connectivity index (χ0v) is 16.5. The van der Waals surface area contributed by atoms with Crippen LogP contribution in [0, 0.1) is 5.92 Å².